The topological polar surface area (TPSA) is 90.8 Å². The Morgan fingerprint density at radius 3 is 2.47 bits per heavy atom. The van der Waals surface area contributed by atoms with Crippen molar-refractivity contribution in [2.45, 2.75) is 76.8 Å². The van der Waals surface area contributed by atoms with Crippen LogP contribution in [0, 0.1) is 11.8 Å². The fourth-order valence-electron chi connectivity index (χ4n) is 5.87. The zero-order chi connectivity index (χ0) is 21.8. The number of piperidine rings is 1. The van der Waals surface area contributed by atoms with E-state index in [1.807, 2.05) is 15.9 Å². The van der Waals surface area contributed by atoms with Crippen LogP contribution in [-0.2, 0) is 22.6 Å². The van der Waals surface area contributed by atoms with Gasteiger partial charge in [-0.1, -0.05) is 12.8 Å². The Bertz CT molecular complexity index is 1120. The quantitative estimate of drug-likeness (QED) is 0.799. The maximum absolute atomic E-state index is 13.4. The third-order valence-corrected chi connectivity index (χ3v) is 7.87. The van der Waals surface area contributed by atoms with E-state index in [2.05, 4.69) is 5.10 Å². The fraction of sp³-hybridized carbons (Fsp3) is 0.667. The van der Waals surface area contributed by atoms with Crippen LogP contribution in [0.1, 0.15) is 80.8 Å². The third kappa shape index (κ3) is 3.35. The molecule has 32 heavy (non-hydrogen) atoms. The van der Waals surface area contributed by atoms with Gasteiger partial charge in [0.2, 0.25) is 11.8 Å². The van der Waals surface area contributed by atoms with Gasteiger partial charge >= 0.3 is 0 Å². The van der Waals surface area contributed by atoms with Crippen LogP contribution in [0.2, 0.25) is 0 Å². The first-order valence-electron chi connectivity index (χ1n) is 12.3. The molecule has 4 heterocycles. The highest BCUT2D eigenvalue weighted by atomic mass is 16.2. The molecule has 2 aliphatic heterocycles. The van der Waals surface area contributed by atoms with Gasteiger partial charge in [-0.3, -0.25) is 19.5 Å². The minimum Gasteiger partial charge on any atom is -0.337 e. The number of amides is 2. The minimum atomic E-state index is -0.115. The van der Waals surface area contributed by atoms with Gasteiger partial charge in [-0.25, -0.2) is 9.50 Å². The van der Waals surface area contributed by atoms with Crippen molar-refractivity contribution >= 4 is 17.5 Å². The summed E-state index contributed by atoms with van der Waals surface area (Å²) in [6, 6.07) is 1.93. The van der Waals surface area contributed by atoms with Crippen LogP contribution in [0.3, 0.4) is 0 Å². The molecule has 2 aromatic rings. The Balaban J connectivity index is 1.31. The highest BCUT2D eigenvalue weighted by Crippen LogP contribution is 2.37. The lowest BCUT2D eigenvalue weighted by atomic mass is 9.98. The molecule has 2 amide bonds. The van der Waals surface area contributed by atoms with Crippen molar-refractivity contribution in [3.63, 3.8) is 0 Å². The van der Waals surface area contributed by atoms with Crippen LogP contribution in [0.5, 0.6) is 0 Å². The van der Waals surface area contributed by atoms with Crippen LogP contribution in [0.4, 0.5) is 0 Å². The Kier molecular flexibility index (Phi) is 4.84. The first-order valence-corrected chi connectivity index (χ1v) is 12.3. The van der Waals surface area contributed by atoms with Gasteiger partial charge in [0.15, 0.2) is 5.65 Å². The molecular weight excluding hydrogens is 406 g/mol. The lowest BCUT2D eigenvalue weighted by Gasteiger charge is -2.35. The predicted octanol–water partition coefficient (Wildman–Crippen LogP) is 2.56. The van der Waals surface area contributed by atoms with E-state index in [-0.39, 0.29) is 35.3 Å². The van der Waals surface area contributed by atoms with E-state index < -0.39 is 0 Å². The summed E-state index contributed by atoms with van der Waals surface area (Å²) in [6.07, 6.45) is 9.82. The Morgan fingerprint density at radius 2 is 1.69 bits per heavy atom. The molecule has 8 nitrogen and oxygen atoms in total. The molecule has 0 bridgehead atoms. The molecule has 1 unspecified atom stereocenters. The molecule has 170 valence electrons. The summed E-state index contributed by atoms with van der Waals surface area (Å²) in [5.41, 5.74) is 2.83. The molecule has 0 radical (unpaired) electrons. The summed E-state index contributed by atoms with van der Waals surface area (Å²) in [4.78, 5) is 47.8. The summed E-state index contributed by atoms with van der Waals surface area (Å²) < 4.78 is 1.52. The molecule has 2 aliphatic carbocycles. The van der Waals surface area contributed by atoms with Gasteiger partial charge in [0.25, 0.3) is 5.56 Å². The largest absolute Gasteiger partial charge is 0.337 e. The van der Waals surface area contributed by atoms with Gasteiger partial charge in [-0.05, 0) is 44.9 Å². The Morgan fingerprint density at radius 1 is 0.938 bits per heavy atom. The summed E-state index contributed by atoms with van der Waals surface area (Å²) in [5, 5.41) is 3.27. The summed E-state index contributed by atoms with van der Waals surface area (Å²) in [6.45, 7) is 1.77. The number of aromatic amines is 1. The fourth-order valence-corrected chi connectivity index (χ4v) is 5.87. The molecule has 8 heteroatoms. The first kappa shape index (κ1) is 20.0. The van der Waals surface area contributed by atoms with Gasteiger partial charge in [0.05, 0.1) is 29.5 Å². The molecule has 0 aromatic carbocycles. The number of fused-ring (bicyclic) bond motifs is 2. The number of nitrogens with zero attached hydrogens (tertiary/aromatic N) is 4. The van der Waals surface area contributed by atoms with E-state index in [0.29, 0.717) is 30.7 Å². The number of nitrogens with one attached hydrogen (secondary N) is 1. The van der Waals surface area contributed by atoms with Crippen LogP contribution >= 0.6 is 0 Å². The van der Waals surface area contributed by atoms with Crippen LogP contribution in [0.25, 0.3) is 5.65 Å². The second-order valence-electron chi connectivity index (χ2n) is 10.1. The van der Waals surface area contributed by atoms with Gasteiger partial charge in [0, 0.05) is 37.4 Å². The van der Waals surface area contributed by atoms with Crippen molar-refractivity contribution in [3.05, 3.63) is 33.4 Å². The molecule has 3 fully saturated rings. The van der Waals surface area contributed by atoms with Crippen molar-refractivity contribution in [1.29, 1.82) is 0 Å². The van der Waals surface area contributed by atoms with E-state index >= 15 is 0 Å². The number of hydrogen-bond acceptors (Lipinski definition) is 4. The molecule has 1 saturated heterocycles. The molecule has 1 N–H and O–H groups in total. The number of hydrogen-bond donors (Lipinski definition) is 1. The zero-order valence-electron chi connectivity index (χ0n) is 18.5. The van der Waals surface area contributed by atoms with E-state index in [1.165, 1.54) is 4.52 Å². The summed E-state index contributed by atoms with van der Waals surface area (Å²) >= 11 is 0. The van der Waals surface area contributed by atoms with Crippen molar-refractivity contribution in [2.75, 3.05) is 13.1 Å². The first-order chi connectivity index (χ1) is 15.6. The number of carbonyl (C=O) groups is 2. The smallest absolute Gasteiger partial charge is 0.277 e. The predicted molar refractivity (Wildman–Crippen MR) is 118 cm³/mol. The molecule has 1 atom stereocenters. The maximum Gasteiger partial charge on any atom is 0.277 e. The number of aromatic nitrogens is 3. The van der Waals surface area contributed by atoms with Crippen molar-refractivity contribution in [1.82, 2.24) is 24.4 Å². The molecule has 4 aliphatic rings. The molecular formula is C24H31N5O3. The lowest BCUT2D eigenvalue weighted by molar-refractivity contribution is -0.137. The van der Waals surface area contributed by atoms with E-state index in [0.717, 1.165) is 75.7 Å². The second kappa shape index (κ2) is 7.74. The summed E-state index contributed by atoms with van der Waals surface area (Å²) in [5.74, 6) is 0.765. The molecule has 6 rings (SSSR count). The van der Waals surface area contributed by atoms with Gasteiger partial charge in [-0.15, -0.1) is 0 Å². The van der Waals surface area contributed by atoms with Crippen LogP contribution in [-0.4, -0.2) is 49.3 Å². The highest BCUT2D eigenvalue weighted by molar-refractivity contribution is 5.81. The normalized spacial score (nSPS) is 24.2. The van der Waals surface area contributed by atoms with Gasteiger partial charge in [-0.2, -0.15) is 0 Å². The van der Waals surface area contributed by atoms with E-state index in [9.17, 15) is 14.4 Å². The number of carbonyl (C=O) groups excluding carboxylic acids is 2. The number of H-pyrrole nitrogens is 1. The van der Waals surface area contributed by atoms with Gasteiger partial charge < -0.3 is 9.80 Å². The zero-order valence-corrected chi connectivity index (χ0v) is 18.5. The SMILES string of the molecule is O=C(C1CCCC1)N1CCc2nc3cc(C4CCCCN4C(=O)C4CC4)[nH]n3c(=O)c2C1. The molecule has 0 spiro atoms. The van der Waals surface area contributed by atoms with Crippen molar-refractivity contribution in [2.24, 2.45) is 11.8 Å². The third-order valence-electron chi connectivity index (χ3n) is 7.87. The number of rotatable bonds is 3. The highest BCUT2D eigenvalue weighted by Gasteiger charge is 2.38. The summed E-state index contributed by atoms with van der Waals surface area (Å²) in [7, 11) is 0. The van der Waals surface area contributed by atoms with Crippen LogP contribution in [0.15, 0.2) is 10.9 Å². The van der Waals surface area contributed by atoms with Crippen molar-refractivity contribution in [3.8, 4) is 0 Å². The second-order valence-corrected chi connectivity index (χ2v) is 10.1. The van der Waals surface area contributed by atoms with E-state index in [4.69, 9.17) is 4.98 Å². The van der Waals surface area contributed by atoms with Crippen LogP contribution < -0.4 is 5.56 Å². The Labute approximate surface area is 187 Å². The Hall–Kier alpha value is -2.64. The van der Waals surface area contributed by atoms with Gasteiger partial charge in [0.1, 0.15) is 0 Å². The molecule has 2 aromatic heterocycles. The van der Waals surface area contributed by atoms with E-state index in [1.54, 1.807) is 0 Å². The standard InChI is InChI=1S/C24H31N5O3/c30-22(15-5-1-2-6-15)27-12-10-18-17(14-27)24(32)29-21(25-18)13-19(26-29)20-7-3-4-11-28(20)23(31)16-8-9-16/h13,15-16,20,26H,1-12,14H2. The van der Waals surface area contributed by atoms with Crippen molar-refractivity contribution < 1.29 is 9.59 Å². The average molecular weight is 438 g/mol. The molecule has 2 saturated carbocycles. The minimum absolute atomic E-state index is 0.0181. The monoisotopic (exact) mass is 437 g/mol. The average Bonchev–Trinajstić information content (AvgIpc) is 3.35. The number of likely N-dealkylation sites (tertiary alicyclic amines) is 1. The maximum atomic E-state index is 13.4. The lowest BCUT2D eigenvalue weighted by Crippen LogP contribution is -2.42.